The average Bonchev–Trinajstić information content (AvgIpc) is 2.75. The Kier molecular flexibility index (Phi) is 8.16. The molecule has 0 unspecified atom stereocenters. The summed E-state index contributed by atoms with van der Waals surface area (Å²) in [7, 11) is -3.92. The van der Waals surface area contributed by atoms with E-state index in [1.54, 1.807) is 6.92 Å². The third kappa shape index (κ3) is 6.45. The number of rotatable bonds is 9. The Bertz CT molecular complexity index is 1060. The molecule has 0 aliphatic carbocycles. The molecule has 1 aliphatic rings. The zero-order chi connectivity index (χ0) is 23.3. The molecular weight excluding hydrogens is 471 g/mol. The maximum atomic E-state index is 13.9. The van der Waals surface area contributed by atoms with Gasteiger partial charge < -0.3 is 15.2 Å². The maximum Gasteiger partial charge on any atom is 0.302 e. The Labute approximate surface area is 187 Å². The molecular formula is C18H22F3N5O4S2. The lowest BCUT2D eigenvalue weighted by Crippen LogP contribution is -2.43. The van der Waals surface area contributed by atoms with Gasteiger partial charge in [-0.1, -0.05) is 11.8 Å². The normalized spacial score (nSPS) is 16.0. The van der Waals surface area contributed by atoms with Crippen molar-refractivity contribution in [1.82, 2.24) is 14.3 Å². The van der Waals surface area contributed by atoms with Crippen LogP contribution < -0.4 is 10.0 Å². The van der Waals surface area contributed by atoms with Crippen molar-refractivity contribution in [1.29, 1.82) is 0 Å². The van der Waals surface area contributed by atoms with Crippen molar-refractivity contribution in [3.05, 3.63) is 41.2 Å². The van der Waals surface area contributed by atoms with Gasteiger partial charge in [0.15, 0.2) is 16.8 Å². The molecule has 2 heterocycles. The summed E-state index contributed by atoms with van der Waals surface area (Å²) in [5.41, 5.74) is -0.228. The van der Waals surface area contributed by atoms with Crippen LogP contribution in [-0.2, 0) is 20.7 Å². The van der Waals surface area contributed by atoms with Gasteiger partial charge in [-0.05, 0) is 13.0 Å². The fraction of sp³-hybridized carbons (Fsp3) is 0.444. The monoisotopic (exact) mass is 493 g/mol. The highest BCUT2D eigenvalue weighted by molar-refractivity contribution is 7.98. The summed E-state index contributed by atoms with van der Waals surface area (Å²) in [5, 5.41) is 12.2. The first-order valence-corrected chi connectivity index (χ1v) is 12.0. The minimum atomic E-state index is -3.92. The number of hydrogen-bond donors (Lipinski definition) is 3. The van der Waals surface area contributed by atoms with E-state index in [0.29, 0.717) is 6.07 Å². The van der Waals surface area contributed by atoms with Crippen LogP contribution in [-0.4, -0.2) is 66.7 Å². The van der Waals surface area contributed by atoms with Crippen LogP contribution in [0.1, 0.15) is 12.5 Å². The van der Waals surface area contributed by atoms with E-state index in [1.807, 2.05) is 0 Å². The molecule has 2 aromatic rings. The van der Waals surface area contributed by atoms with Gasteiger partial charge in [0.2, 0.25) is 0 Å². The Hall–Kier alpha value is -2.13. The fourth-order valence-corrected chi connectivity index (χ4v) is 4.70. The van der Waals surface area contributed by atoms with Crippen LogP contribution >= 0.6 is 11.8 Å². The highest BCUT2D eigenvalue weighted by Crippen LogP contribution is 2.26. The number of nitrogens with zero attached hydrogens (tertiary/aromatic N) is 3. The molecule has 0 amide bonds. The predicted octanol–water partition coefficient (Wildman–Crippen LogP) is 1.97. The maximum absolute atomic E-state index is 13.9. The minimum absolute atomic E-state index is 0.0314. The summed E-state index contributed by atoms with van der Waals surface area (Å²) in [4.78, 5) is 8.33. The number of aromatic nitrogens is 2. The molecule has 0 saturated carbocycles. The lowest BCUT2D eigenvalue weighted by atomic mass is 10.2. The van der Waals surface area contributed by atoms with Gasteiger partial charge in [-0.3, -0.25) is 4.72 Å². The van der Waals surface area contributed by atoms with Crippen molar-refractivity contribution in [2.75, 3.05) is 42.9 Å². The van der Waals surface area contributed by atoms with Gasteiger partial charge in [-0.25, -0.2) is 23.1 Å². The standard InChI is InChI=1S/C18H22F3N5O4S2/c1-11(9-27)22-15-8-16(25-32(28,29)26-2-4-30-5-3-26)24-18(23-15)31-10-12-6-13(19)7-14(20)17(12)21/h6-8,11,27H,2-5,9-10H2,1H3,(H2,22,23,24,25)/t11-/m1/s1. The van der Waals surface area contributed by atoms with Gasteiger partial charge in [0.25, 0.3) is 0 Å². The molecule has 176 valence electrons. The van der Waals surface area contributed by atoms with Gasteiger partial charge in [0.1, 0.15) is 17.5 Å². The third-order valence-corrected chi connectivity index (χ3v) is 6.75. The SMILES string of the molecule is C[C@H](CO)Nc1cc(NS(=O)(=O)N2CCOCC2)nc(SCc2cc(F)cc(F)c2F)n1. The molecule has 3 rings (SSSR count). The quantitative estimate of drug-likeness (QED) is 0.276. The Balaban J connectivity index is 1.84. The van der Waals surface area contributed by atoms with Gasteiger partial charge in [0.05, 0.1) is 19.8 Å². The van der Waals surface area contributed by atoms with E-state index in [1.165, 1.54) is 10.4 Å². The number of benzene rings is 1. The summed E-state index contributed by atoms with van der Waals surface area (Å²) in [6.07, 6.45) is 0. The van der Waals surface area contributed by atoms with E-state index in [0.717, 1.165) is 17.8 Å². The van der Waals surface area contributed by atoms with E-state index >= 15 is 0 Å². The summed E-state index contributed by atoms with van der Waals surface area (Å²) < 4.78 is 74.9. The number of hydrogen-bond acceptors (Lipinski definition) is 8. The van der Waals surface area contributed by atoms with Crippen LogP contribution in [0.3, 0.4) is 0 Å². The predicted molar refractivity (Wildman–Crippen MR) is 113 cm³/mol. The first kappa shape index (κ1) is 24.5. The van der Waals surface area contributed by atoms with Gasteiger partial charge >= 0.3 is 10.2 Å². The average molecular weight is 494 g/mol. The van der Waals surface area contributed by atoms with E-state index in [-0.39, 0.29) is 61.0 Å². The highest BCUT2D eigenvalue weighted by atomic mass is 32.2. The molecule has 32 heavy (non-hydrogen) atoms. The number of morpholine rings is 1. The molecule has 0 radical (unpaired) electrons. The Morgan fingerprint density at radius 1 is 1.19 bits per heavy atom. The van der Waals surface area contributed by atoms with Crippen molar-refractivity contribution < 1.29 is 31.4 Å². The van der Waals surface area contributed by atoms with Gasteiger partial charge in [-0.2, -0.15) is 12.7 Å². The molecule has 0 spiro atoms. The van der Waals surface area contributed by atoms with E-state index in [4.69, 9.17) is 4.74 Å². The number of nitrogens with one attached hydrogen (secondary N) is 2. The van der Waals surface area contributed by atoms with Crippen LogP contribution in [0.15, 0.2) is 23.4 Å². The third-order valence-electron chi connectivity index (χ3n) is 4.34. The second kappa shape index (κ2) is 10.7. The summed E-state index contributed by atoms with van der Waals surface area (Å²) in [6.45, 7) is 2.36. The number of thioether (sulfide) groups is 1. The first-order valence-electron chi connectivity index (χ1n) is 9.56. The van der Waals surface area contributed by atoms with Crippen molar-refractivity contribution >= 4 is 33.6 Å². The highest BCUT2D eigenvalue weighted by Gasteiger charge is 2.25. The van der Waals surface area contributed by atoms with Crippen LogP contribution in [0.5, 0.6) is 0 Å². The molecule has 1 fully saturated rings. The zero-order valence-corrected chi connectivity index (χ0v) is 18.6. The van der Waals surface area contributed by atoms with Crippen molar-refractivity contribution in [3.63, 3.8) is 0 Å². The number of ether oxygens (including phenoxy) is 1. The molecule has 1 atom stereocenters. The lowest BCUT2D eigenvalue weighted by molar-refractivity contribution is 0.0733. The molecule has 3 N–H and O–H groups in total. The molecule has 14 heteroatoms. The largest absolute Gasteiger partial charge is 0.394 e. The van der Waals surface area contributed by atoms with Crippen molar-refractivity contribution in [3.8, 4) is 0 Å². The summed E-state index contributed by atoms with van der Waals surface area (Å²) in [6, 6.07) is 2.25. The number of aliphatic hydroxyl groups excluding tert-OH is 1. The molecule has 1 aromatic heterocycles. The van der Waals surface area contributed by atoms with Crippen LogP contribution in [0.25, 0.3) is 0 Å². The Morgan fingerprint density at radius 3 is 2.56 bits per heavy atom. The van der Waals surface area contributed by atoms with Gasteiger partial charge in [0, 0.05) is 42.6 Å². The van der Waals surface area contributed by atoms with E-state index in [9.17, 15) is 26.7 Å². The topological polar surface area (TPSA) is 117 Å². The molecule has 1 aromatic carbocycles. The molecule has 1 saturated heterocycles. The first-order chi connectivity index (χ1) is 15.2. The molecule has 1 aliphatic heterocycles. The molecule has 9 nitrogen and oxygen atoms in total. The molecule has 0 bridgehead atoms. The fourth-order valence-electron chi connectivity index (χ4n) is 2.75. The lowest BCUT2D eigenvalue weighted by Gasteiger charge is -2.26. The van der Waals surface area contributed by atoms with Crippen LogP contribution in [0.4, 0.5) is 24.8 Å². The van der Waals surface area contributed by atoms with E-state index < -0.39 is 33.7 Å². The Morgan fingerprint density at radius 2 is 1.88 bits per heavy atom. The van der Waals surface area contributed by atoms with Crippen LogP contribution in [0.2, 0.25) is 0 Å². The summed E-state index contributed by atoms with van der Waals surface area (Å²) >= 11 is 0.863. The summed E-state index contributed by atoms with van der Waals surface area (Å²) in [5.74, 6) is -3.48. The number of aliphatic hydroxyl groups is 1. The zero-order valence-electron chi connectivity index (χ0n) is 17.0. The van der Waals surface area contributed by atoms with Crippen LogP contribution in [0, 0.1) is 17.5 Å². The number of halogens is 3. The van der Waals surface area contributed by atoms with Crippen molar-refractivity contribution in [2.45, 2.75) is 23.9 Å². The number of anilines is 2. The minimum Gasteiger partial charge on any atom is -0.394 e. The second-order valence-corrected chi connectivity index (χ2v) is 9.53. The van der Waals surface area contributed by atoms with Crippen molar-refractivity contribution in [2.24, 2.45) is 0 Å². The smallest absolute Gasteiger partial charge is 0.302 e. The second-order valence-electron chi connectivity index (χ2n) is 6.92. The van der Waals surface area contributed by atoms with Gasteiger partial charge in [-0.15, -0.1) is 0 Å². The van der Waals surface area contributed by atoms with E-state index in [2.05, 4.69) is 20.0 Å².